The number of hydrogen-bond donors (Lipinski definition) is 2. The largest absolute Gasteiger partial charge is 0.385 e. The van der Waals surface area contributed by atoms with Gasteiger partial charge in [-0.3, -0.25) is 0 Å². The van der Waals surface area contributed by atoms with E-state index in [9.17, 15) is 9.50 Å². The van der Waals surface area contributed by atoms with Crippen LogP contribution in [0.5, 0.6) is 0 Å². The van der Waals surface area contributed by atoms with E-state index in [1.165, 1.54) is 12.1 Å². The van der Waals surface area contributed by atoms with Gasteiger partial charge in [0, 0.05) is 24.4 Å². The van der Waals surface area contributed by atoms with E-state index in [2.05, 4.69) is 43.4 Å². The van der Waals surface area contributed by atoms with Crippen molar-refractivity contribution >= 4 is 0 Å². The molecule has 4 atom stereocenters. The van der Waals surface area contributed by atoms with Crippen LogP contribution < -0.4 is 5.32 Å². The summed E-state index contributed by atoms with van der Waals surface area (Å²) in [6.45, 7) is 4.30. The molecule has 0 aliphatic carbocycles. The Morgan fingerprint density at radius 1 is 0.862 bits per heavy atom. The molecule has 29 heavy (non-hydrogen) atoms. The molecule has 3 aromatic rings. The van der Waals surface area contributed by atoms with Crippen LogP contribution in [-0.2, 0) is 5.60 Å². The van der Waals surface area contributed by atoms with Gasteiger partial charge in [-0.15, -0.1) is 0 Å². The third-order valence-corrected chi connectivity index (χ3v) is 6.23. The highest BCUT2D eigenvalue weighted by Gasteiger charge is 2.50. The van der Waals surface area contributed by atoms with Gasteiger partial charge in [-0.2, -0.15) is 0 Å². The SMILES string of the molecule is CC(C)[C@@H]1[C@@H](c2ccccc2)N[C@@H](c2ccccc2)C[C@@]1(O)c1ccc(F)cc1. The highest BCUT2D eigenvalue weighted by atomic mass is 19.1. The van der Waals surface area contributed by atoms with Crippen LogP contribution >= 0.6 is 0 Å². The first-order valence-electron chi connectivity index (χ1n) is 10.3. The average molecular weight is 390 g/mol. The van der Waals surface area contributed by atoms with Crippen molar-refractivity contribution in [2.24, 2.45) is 11.8 Å². The molecule has 1 saturated heterocycles. The molecular formula is C26H28FNO. The molecule has 150 valence electrons. The van der Waals surface area contributed by atoms with E-state index in [4.69, 9.17) is 0 Å². The molecule has 0 radical (unpaired) electrons. The zero-order chi connectivity index (χ0) is 20.4. The lowest BCUT2D eigenvalue weighted by Gasteiger charge is -2.51. The Morgan fingerprint density at radius 3 is 1.97 bits per heavy atom. The predicted molar refractivity (Wildman–Crippen MR) is 115 cm³/mol. The minimum atomic E-state index is -1.08. The molecule has 0 saturated carbocycles. The third kappa shape index (κ3) is 3.85. The van der Waals surface area contributed by atoms with Gasteiger partial charge in [0.15, 0.2) is 0 Å². The van der Waals surface area contributed by atoms with Gasteiger partial charge < -0.3 is 10.4 Å². The molecule has 1 aliphatic rings. The number of aliphatic hydroxyl groups is 1. The molecule has 1 aliphatic heterocycles. The van der Waals surface area contributed by atoms with E-state index >= 15 is 0 Å². The number of piperidine rings is 1. The topological polar surface area (TPSA) is 32.3 Å². The van der Waals surface area contributed by atoms with Crippen molar-refractivity contribution in [1.82, 2.24) is 5.32 Å². The monoisotopic (exact) mass is 389 g/mol. The minimum absolute atomic E-state index is 0.00791. The summed E-state index contributed by atoms with van der Waals surface area (Å²) < 4.78 is 13.6. The summed E-state index contributed by atoms with van der Waals surface area (Å²) in [5, 5.41) is 16.0. The summed E-state index contributed by atoms with van der Waals surface area (Å²) in [5.41, 5.74) is 2.01. The van der Waals surface area contributed by atoms with Crippen LogP contribution in [0.15, 0.2) is 84.9 Å². The molecule has 0 unspecified atom stereocenters. The van der Waals surface area contributed by atoms with Gasteiger partial charge in [0.25, 0.3) is 0 Å². The second-order valence-corrected chi connectivity index (χ2v) is 8.42. The Hall–Kier alpha value is -2.49. The summed E-state index contributed by atoms with van der Waals surface area (Å²) >= 11 is 0. The molecule has 2 nitrogen and oxygen atoms in total. The van der Waals surface area contributed by atoms with E-state index < -0.39 is 5.60 Å². The van der Waals surface area contributed by atoms with Gasteiger partial charge in [-0.1, -0.05) is 86.6 Å². The summed E-state index contributed by atoms with van der Waals surface area (Å²) in [5.74, 6) is -0.124. The van der Waals surface area contributed by atoms with E-state index in [0.717, 1.165) is 16.7 Å². The van der Waals surface area contributed by atoms with Crippen molar-refractivity contribution in [3.8, 4) is 0 Å². The molecular weight excluding hydrogens is 361 g/mol. The quantitative estimate of drug-likeness (QED) is 0.594. The Kier molecular flexibility index (Phi) is 5.53. The molecule has 1 fully saturated rings. The van der Waals surface area contributed by atoms with Crippen molar-refractivity contribution in [2.75, 3.05) is 0 Å². The van der Waals surface area contributed by atoms with Gasteiger partial charge in [0.2, 0.25) is 0 Å². The van der Waals surface area contributed by atoms with Gasteiger partial charge >= 0.3 is 0 Å². The van der Waals surface area contributed by atoms with Crippen LogP contribution in [-0.4, -0.2) is 5.11 Å². The lowest BCUT2D eigenvalue weighted by Crippen LogP contribution is -2.53. The zero-order valence-corrected chi connectivity index (χ0v) is 16.9. The summed E-state index contributed by atoms with van der Waals surface area (Å²) in [6, 6.07) is 26.9. The van der Waals surface area contributed by atoms with Gasteiger partial charge in [0.1, 0.15) is 5.82 Å². The first-order valence-corrected chi connectivity index (χ1v) is 10.3. The first kappa shape index (κ1) is 19.8. The standard InChI is InChI=1S/C26H28FNO/c1-18(2)24-25(20-11-7-4-8-12-20)28-23(19-9-5-3-6-10-19)17-26(24,29)21-13-15-22(27)16-14-21/h3-16,18,23-25,28-29H,17H2,1-2H3/t23-,24-,25-,26-/m1/s1. The van der Waals surface area contributed by atoms with Crippen molar-refractivity contribution in [3.05, 3.63) is 107 Å². The lowest BCUT2D eigenvalue weighted by atomic mass is 9.64. The van der Waals surface area contributed by atoms with Gasteiger partial charge in [-0.25, -0.2) is 4.39 Å². The number of hydrogen-bond acceptors (Lipinski definition) is 2. The maximum absolute atomic E-state index is 13.6. The fourth-order valence-corrected chi connectivity index (χ4v) is 4.95. The third-order valence-electron chi connectivity index (χ3n) is 6.23. The maximum Gasteiger partial charge on any atom is 0.123 e. The summed E-state index contributed by atoms with van der Waals surface area (Å²) in [6.07, 6.45) is 0.537. The van der Waals surface area contributed by atoms with Crippen molar-refractivity contribution in [1.29, 1.82) is 0 Å². The molecule has 0 spiro atoms. The molecule has 1 heterocycles. The van der Waals surface area contributed by atoms with Crippen LogP contribution in [0, 0.1) is 17.7 Å². The average Bonchev–Trinajstić information content (AvgIpc) is 2.74. The predicted octanol–water partition coefficient (Wildman–Crippen LogP) is 5.76. The van der Waals surface area contributed by atoms with Crippen LogP contribution in [0.2, 0.25) is 0 Å². The number of nitrogens with one attached hydrogen (secondary N) is 1. The Morgan fingerprint density at radius 2 is 1.41 bits per heavy atom. The van der Waals surface area contributed by atoms with Gasteiger partial charge in [-0.05, 0) is 34.7 Å². The minimum Gasteiger partial charge on any atom is -0.385 e. The molecule has 2 N–H and O–H groups in total. The Bertz CT molecular complexity index is 926. The van der Waals surface area contributed by atoms with Crippen molar-refractivity contribution < 1.29 is 9.50 Å². The number of benzene rings is 3. The van der Waals surface area contributed by atoms with Crippen LogP contribution in [0.3, 0.4) is 0 Å². The van der Waals surface area contributed by atoms with E-state index in [0.29, 0.717) is 6.42 Å². The second-order valence-electron chi connectivity index (χ2n) is 8.42. The number of halogens is 1. The highest BCUT2D eigenvalue weighted by molar-refractivity contribution is 5.32. The molecule has 0 aromatic heterocycles. The molecule has 4 rings (SSSR count). The van der Waals surface area contributed by atoms with E-state index in [-0.39, 0.29) is 29.7 Å². The van der Waals surface area contributed by atoms with Crippen LogP contribution in [0.1, 0.15) is 49.0 Å². The van der Waals surface area contributed by atoms with Crippen LogP contribution in [0.4, 0.5) is 4.39 Å². The molecule has 0 amide bonds. The second kappa shape index (κ2) is 8.10. The van der Waals surface area contributed by atoms with Crippen molar-refractivity contribution in [2.45, 2.75) is 38.0 Å². The number of rotatable bonds is 4. The van der Waals surface area contributed by atoms with E-state index in [1.54, 1.807) is 12.1 Å². The molecule has 3 heteroatoms. The zero-order valence-electron chi connectivity index (χ0n) is 16.9. The Balaban J connectivity index is 1.84. The molecule has 0 bridgehead atoms. The smallest absolute Gasteiger partial charge is 0.123 e. The summed E-state index contributed by atoms with van der Waals surface area (Å²) in [7, 11) is 0. The summed E-state index contributed by atoms with van der Waals surface area (Å²) in [4.78, 5) is 0. The fraction of sp³-hybridized carbons (Fsp3) is 0.308. The van der Waals surface area contributed by atoms with Crippen molar-refractivity contribution in [3.63, 3.8) is 0 Å². The highest BCUT2D eigenvalue weighted by Crippen LogP contribution is 2.51. The lowest BCUT2D eigenvalue weighted by molar-refractivity contribution is -0.0992. The van der Waals surface area contributed by atoms with E-state index in [1.807, 2.05) is 36.4 Å². The fourth-order valence-electron chi connectivity index (χ4n) is 4.95. The van der Waals surface area contributed by atoms with Crippen LogP contribution in [0.25, 0.3) is 0 Å². The Labute approximate surface area is 172 Å². The maximum atomic E-state index is 13.6. The normalized spacial score (nSPS) is 27.1. The first-order chi connectivity index (χ1) is 14.0. The van der Waals surface area contributed by atoms with Gasteiger partial charge in [0.05, 0.1) is 5.60 Å². The molecule has 3 aromatic carbocycles.